The molecule has 1 atom stereocenters. The highest BCUT2D eigenvalue weighted by Gasteiger charge is 2.38. The lowest BCUT2D eigenvalue weighted by Crippen LogP contribution is -2.45. The van der Waals surface area contributed by atoms with Crippen LogP contribution >= 0.6 is 11.3 Å². The van der Waals surface area contributed by atoms with Crippen molar-refractivity contribution in [2.24, 2.45) is 0 Å². The molecule has 2 heterocycles. The molecule has 7 nitrogen and oxygen atoms in total. The molecule has 0 aromatic carbocycles. The number of thiophene rings is 1. The van der Waals surface area contributed by atoms with Crippen LogP contribution in [0.5, 0.6) is 5.88 Å². The van der Waals surface area contributed by atoms with Crippen LogP contribution in [0.3, 0.4) is 0 Å². The maximum Gasteiger partial charge on any atom is 0.522 e. The third-order valence-corrected chi connectivity index (χ3v) is 5.90. The van der Waals surface area contributed by atoms with Gasteiger partial charge in [-0.2, -0.15) is 13.2 Å². The molecule has 3 rings (SSSR count). The highest BCUT2D eigenvalue weighted by Crippen LogP contribution is 2.41. The van der Waals surface area contributed by atoms with E-state index in [1.54, 1.807) is 6.92 Å². The molecular formula is C20H20F6N2O5S. The highest BCUT2D eigenvalue weighted by molar-refractivity contribution is 7.17. The number of hydrogen-bond donors (Lipinski definition) is 1. The normalized spacial score (nSPS) is 19.4. The van der Waals surface area contributed by atoms with Gasteiger partial charge in [-0.15, -0.1) is 24.5 Å². The first-order chi connectivity index (χ1) is 15.8. The second kappa shape index (κ2) is 9.94. The number of alkyl halides is 6. The van der Waals surface area contributed by atoms with Crippen molar-refractivity contribution >= 4 is 33.4 Å². The van der Waals surface area contributed by atoms with E-state index in [1.165, 1.54) is 12.3 Å². The van der Waals surface area contributed by atoms with Crippen LogP contribution in [0.25, 0.3) is 10.2 Å². The van der Waals surface area contributed by atoms with E-state index >= 15 is 0 Å². The fourth-order valence-corrected chi connectivity index (χ4v) is 4.22. The van der Waals surface area contributed by atoms with Gasteiger partial charge in [0.2, 0.25) is 5.88 Å². The molecule has 34 heavy (non-hydrogen) atoms. The van der Waals surface area contributed by atoms with E-state index in [1.807, 2.05) is 0 Å². The zero-order valence-corrected chi connectivity index (χ0v) is 18.7. The number of Topliss-reactive ketones (excluding diaryl/α,β-unsaturated/α-hetero) is 1. The average Bonchev–Trinajstić information content (AvgIpc) is 3.12. The summed E-state index contributed by atoms with van der Waals surface area (Å²) in [4.78, 5) is 28.0. The molecule has 1 saturated carbocycles. The summed E-state index contributed by atoms with van der Waals surface area (Å²) in [6.45, 7) is 2.09. The predicted molar refractivity (Wildman–Crippen MR) is 108 cm³/mol. The van der Waals surface area contributed by atoms with Crippen LogP contribution in [-0.2, 0) is 15.7 Å². The molecule has 1 aliphatic carbocycles. The van der Waals surface area contributed by atoms with Gasteiger partial charge < -0.3 is 14.8 Å². The van der Waals surface area contributed by atoms with Crippen LogP contribution in [-0.4, -0.2) is 48.1 Å². The van der Waals surface area contributed by atoms with Crippen LogP contribution in [0.15, 0.2) is 11.4 Å². The molecule has 1 amide bonds. The lowest BCUT2D eigenvalue weighted by molar-refractivity contribution is -0.326. The molecule has 0 spiro atoms. The molecule has 0 radical (unpaired) electrons. The van der Waals surface area contributed by atoms with Gasteiger partial charge in [0.15, 0.2) is 5.78 Å². The van der Waals surface area contributed by atoms with E-state index in [2.05, 4.69) is 15.0 Å². The number of carbonyl (C=O) groups is 2. The summed E-state index contributed by atoms with van der Waals surface area (Å²) in [6, 6.07) is -0.203. The summed E-state index contributed by atoms with van der Waals surface area (Å²) in [5.41, 5.74) is -0.953. The number of fused-ring (bicyclic) bond motifs is 1. The van der Waals surface area contributed by atoms with E-state index in [0.29, 0.717) is 0 Å². The standard InChI is InChI=1S/C20H20F6N2O5S/c1-3-14(29)12-8-34-17-13(19(21,22)23)6-15(28-16(12)17)32-10-4-11(5-10)33-18(30)27-9(2)7-31-20(24,25)26/h6,8-11H,3-5,7H2,1-2H3,(H,27,30)/t9-,10?,11?/m0/s1. The second-order valence-corrected chi connectivity index (χ2v) is 8.53. The zero-order chi connectivity index (χ0) is 25.3. The summed E-state index contributed by atoms with van der Waals surface area (Å²) in [5.74, 6) is -0.656. The Kier molecular flexibility index (Phi) is 7.60. The lowest BCUT2D eigenvalue weighted by atomic mass is 9.92. The third-order valence-electron chi connectivity index (χ3n) is 4.90. The van der Waals surface area contributed by atoms with Crippen molar-refractivity contribution in [3.05, 3.63) is 22.6 Å². The first-order valence-electron chi connectivity index (χ1n) is 10.1. The van der Waals surface area contributed by atoms with Crippen LogP contribution in [0.4, 0.5) is 31.1 Å². The minimum absolute atomic E-state index is 0.0803. The number of nitrogens with one attached hydrogen (secondary N) is 1. The van der Waals surface area contributed by atoms with Gasteiger partial charge in [-0.3, -0.25) is 9.53 Å². The smallest absolute Gasteiger partial charge is 0.474 e. The number of ether oxygens (including phenoxy) is 3. The Hall–Kier alpha value is -2.61. The van der Waals surface area contributed by atoms with Crippen molar-refractivity contribution in [2.45, 2.75) is 63.9 Å². The number of hydrogen-bond acceptors (Lipinski definition) is 7. The molecule has 0 bridgehead atoms. The summed E-state index contributed by atoms with van der Waals surface area (Å²) in [5, 5.41) is 3.53. The topological polar surface area (TPSA) is 86.8 Å². The highest BCUT2D eigenvalue weighted by atomic mass is 32.1. The fourth-order valence-electron chi connectivity index (χ4n) is 3.17. The number of carbonyl (C=O) groups excluding carboxylic acids is 2. The van der Waals surface area contributed by atoms with E-state index < -0.39 is 49.1 Å². The van der Waals surface area contributed by atoms with E-state index in [4.69, 9.17) is 9.47 Å². The number of rotatable bonds is 8. The summed E-state index contributed by atoms with van der Waals surface area (Å²) in [6.07, 6.45) is -11.3. The molecule has 0 saturated heterocycles. The van der Waals surface area contributed by atoms with Crippen molar-refractivity contribution in [1.29, 1.82) is 0 Å². The van der Waals surface area contributed by atoms with Gasteiger partial charge >= 0.3 is 18.6 Å². The van der Waals surface area contributed by atoms with E-state index in [0.717, 1.165) is 17.4 Å². The quantitative estimate of drug-likeness (QED) is 0.372. The van der Waals surface area contributed by atoms with Gasteiger partial charge in [0.25, 0.3) is 0 Å². The van der Waals surface area contributed by atoms with Crippen LogP contribution in [0.1, 0.15) is 49.0 Å². The van der Waals surface area contributed by atoms with Gasteiger partial charge in [-0.1, -0.05) is 6.92 Å². The Bertz CT molecular complexity index is 1050. The minimum atomic E-state index is -4.82. The van der Waals surface area contributed by atoms with Crippen molar-refractivity contribution in [3.8, 4) is 5.88 Å². The Morgan fingerprint density at radius 1 is 1.21 bits per heavy atom. The Morgan fingerprint density at radius 3 is 2.47 bits per heavy atom. The van der Waals surface area contributed by atoms with Gasteiger partial charge in [-0.25, -0.2) is 9.78 Å². The van der Waals surface area contributed by atoms with Gasteiger partial charge in [-0.05, 0) is 6.92 Å². The number of ketones is 1. The third kappa shape index (κ3) is 6.50. The number of aromatic nitrogens is 1. The molecule has 0 aliphatic heterocycles. The van der Waals surface area contributed by atoms with E-state index in [9.17, 15) is 35.9 Å². The molecule has 1 aliphatic rings. The van der Waals surface area contributed by atoms with Crippen molar-refractivity contribution in [1.82, 2.24) is 10.3 Å². The van der Waals surface area contributed by atoms with Crippen molar-refractivity contribution < 1.29 is 50.1 Å². The summed E-state index contributed by atoms with van der Waals surface area (Å²) in [7, 11) is 0. The molecule has 0 unspecified atom stereocenters. The number of pyridine rings is 1. The molecule has 188 valence electrons. The lowest BCUT2D eigenvalue weighted by Gasteiger charge is -2.34. The molecular weight excluding hydrogens is 494 g/mol. The molecule has 14 heteroatoms. The van der Waals surface area contributed by atoms with Gasteiger partial charge in [0.05, 0.1) is 34.0 Å². The minimum Gasteiger partial charge on any atom is -0.474 e. The van der Waals surface area contributed by atoms with Crippen molar-refractivity contribution in [2.75, 3.05) is 6.61 Å². The predicted octanol–water partition coefficient (Wildman–Crippen LogP) is 5.47. The van der Waals surface area contributed by atoms with Gasteiger partial charge in [0.1, 0.15) is 12.2 Å². The molecule has 2 aromatic rings. The summed E-state index contributed by atoms with van der Waals surface area (Å²) >= 11 is 0.780. The molecule has 1 fully saturated rings. The number of nitrogens with zero attached hydrogens (tertiary/aromatic N) is 1. The van der Waals surface area contributed by atoms with Crippen molar-refractivity contribution in [3.63, 3.8) is 0 Å². The molecule has 2 aromatic heterocycles. The number of amides is 1. The number of halogens is 6. The second-order valence-electron chi connectivity index (χ2n) is 7.65. The Labute approximate surface area is 193 Å². The van der Waals surface area contributed by atoms with Crippen LogP contribution < -0.4 is 10.1 Å². The monoisotopic (exact) mass is 514 g/mol. The average molecular weight is 514 g/mol. The maximum absolute atomic E-state index is 13.6. The summed E-state index contributed by atoms with van der Waals surface area (Å²) < 4.78 is 90.8. The SMILES string of the molecule is CCC(=O)c1csc2c(C(F)(F)F)cc(OC3CC(OC(=O)N[C@@H](C)COC(F)(F)F)C3)nc12. The van der Waals surface area contributed by atoms with E-state index in [-0.39, 0.29) is 46.7 Å². The first-order valence-corrected chi connectivity index (χ1v) is 11.0. The Balaban J connectivity index is 1.60. The zero-order valence-electron chi connectivity index (χ0n) is 17.9. The van der Waals surface area contributed by atoms with Crippen LogP contribution in [0.2, 0.25) is 0 Å². The molecule has 1 N–H and O–H groups in total. The Morgan fingerprint density at radius 2 is 1.88 bits per heavy atom. The van der Waals surface area contributed by atoms with Crippen LogP contribution in [0, 0.1) is 0 Å². The first kappa shape index (κ1) is 26.0. The fraction of sp³-hybridized carbons (Fsp3) is 0.550. The van der Waals surface area contributed by atoms with Gasteiger partial charge in [0, 0.05) is 30.7 Å². The number of alkyl carbamates (subject to hydrolysis) is 1. The maximum atomic E-state index is 13.6. The largest absolute Gasteiger partial charge is 0.522 e.